The summed E-state index contributed by atoms with van der Waals surface area (Å²) >= 11 is 0. The molecule has 26 heavy (non-hydrogen) atoms. The van der Waals surface area contributed by atoms with Gasteiger partial charge in [0.15, 0.2) is 5.65 Å². The van der Waals surface area contributed by atoms with Gasteiger partial charge in [0.25, 0.3) is 5.91 Å². The lowest BCUT2D eigenvalue weighted by Crippen LogP contribution is -2.22. The zero-order valence-electron chi connectivity index (χ0n) is 14.0. The molecule has 4 aromatic rings. The highest BCUT2D eigenvalue weighted by molar-refractivity contribution is 5.96. The van der Waals surface area contributed by atoms with Crippen molar-refractivity contribution in [3.63, 3.8) is 0 Å². The molecule has 0 aliphatic heterocycles. The van der Waals surface area contributed by atoms with Crippen molar-refractivity contribution in [3.8, 4) is 11.1 Å². The van der Waals surface area contributed by atoms with E-state index in [-0.39, 0.29) is 5.91 Å². The molecule has 5 nitrogen and oxygen atoms in total. The first-order valence-electron chi connectivity index (χ1n) is 8.28. The summed E-state index contributed by atoms with van der Waals surface area (Å²) in [7, 11) is 0. The van der Waals surface area contributed by atoms with Gasteiger partial charge in [-0.1, -0.05) is 30.3 Å². The molecule has 0 fully saturated rings. The quantitative estimate of drug-likeness (QED) is 0.616. The van der Waals surface area contributed by atoms with Gasteiger partial charge in [-0.05, 0) is 41.0 Å². The van der Waals surface area contributed by atoms with Crippen LogP contribution in [-0.4, -0.2) is 20.9 Å². The zero-order chi connectivity index (χ0) is 17.8. The lowest BCUT2D eigenvalue weighted by molar-refractivity contribution is 0.0950. The zero-order valence-corrected chi connectivity index (χ0v) is 14.0. The number of hydrogen-bond acceptors (Lipinski definition) is 4. The predicted octanol–water partition coefficient (Wildman–Crippen LogP) is 3.62. The monoisotopic (exact) mass is 340 g/mol. The first-order chi connectivity index (χ1) is 12.8. The maximum Gasteiger partial charge on any atom is 0.253 e. The number of nitrogens with zero attached hydrogens (tertiary/aromatic N) is 3. The normalized spacial score (nSPS) is 10.6. The fourth-order valence-electron chi connectivity index (χ4n) is 2.72. The maximum atomic E-state index is 12.4. The molecule has 0 radical (unpaired) electrons. The van der Waals surface area contributed by atoms with E-state index in [0.717, 1.165) is 22.1 Å². The second-order valence-corrected chi connectivity index (χ2v) is 5.90. The van der Waals surface area contributed by atoms with E-state index in [4.69, 9.17) is 0 Å². The third-order valence-electron chi connectivity index (χ3n) is 4.12. The average Bonchev–Trinajstić information content (AvgIpc) is 2.72. The Bertz CT molecular complexity index is 1050. The largest absolute Gasteiger partial charge is 0.348 e. The fourth-order valence-corrected chi connectivity index (χ4v) is 2.72. The number of aromatic nitrogens is 3. The van der Waals surface area contributed by atoms with Gasteiger partial charge in [0.05, 0.1) is 5.56 Å². The molecule has 3 aromatic heterocycles. The van der Waals surface area contributed by atoms with Crippen LogP contribution in [0.5, 0.6) is 0 Å². The number of pyridine rings is 3. The van der Waals surface area contributed by atoms with E-state index in [0.29, 0.717) is 17.8 Å². The Morgan fingerprint density at radius 1 is 0.885 bits per heavy atom. The standard InChI is InChI=1S/C21H16N4O/c26-21(19-11-17-3-2-10-23-20(17)24-14-19)25-12-15-5-7-16(8-6-15)18-4-1-9-22-13-18/h1-11,13-14H,12H2,(H,25,26). The summed E-state index contributed by atoms with van der Waals surface area (Å²) in [4.78, 5) is 24.9. The van der Waals surface area contributed by atoms with Crippen LogP contribution in [0.25, 0.3) is 22.2 Å². The van der Waals surface area contributed by atoms with Crippen molar-refractivity contribution >= 4 is 16.9 Å². The van der Waals surface area contributed by atoms with E-state index in [9.17, 15) is 4.79 Å². The summed E-state index contributed by atoms with van der Waals surface area (Å²) in [5.41, 5.74) is 4.35. The minimum atomic E-state index is -0.153. The summed E-state index contributed by atoms with van der Waals surface area (Å²) in [6.45, 7) is 0.456. The topological polar surface area (TPSA) is 67.8 Å². The second-order valence-electron chi connectivity index (χ2n) is 5.90. The molecule has 0 aliphatic carbocycles. The van der Waals surface area contributed by atoms with E-state index >= 15 is 0 Å². The van der Waals surface area contributed by atoms with Gasteiger partial charge in [-0.25, -0.2) is 9.97 Å². The molecule has 1 N–H and O–H groups in total. The molecule has 4 rings (SSSR count). The number of carbonyl (C=O) groups excluding carboxylic acids is 1. The molecule has 5 heteroatoms. The van der Waals surface area contributed by atoms with Gasteiger partial charge in [0.1, 0.15) is 0 Å². The third kappa shape index (κ3) is 3.42. The Labute approximate surface area is 150 Å². The van der Waals surface area contributed by atoms with Gasteiger partial charge < -0.3 is 5.32 Å². The number of fused-ring (bicyclic) bond motifs is 1. The number of hydrogen-bond donors (Lipinski definition) is 1. The first kappa shape index (κ1) is 15.9. The number of rotatable bonds is 4. The lowest BCUT2D eigenvalue weighted by atomic mass is 10.1. The van der Waals surface area contributed by atoms with Crippen LogP contribution in [0.1, 0.15) is 15.9 Å². The van der Waals surface area contributed by atoms with Crippen LogP contribution in [0.2, 0.25) is 0 Å². The van der Waals surface area contributed by atoms with E-state index in [1.807, 2.05) is 54.7 Å². The second kappa shape index (κ2) is 7.11. The van der Waals surface area contributed by atoms with Crippen LogP contribution >= 0.6 is 0 Å². The fraction of sp³-hybridized carbons (Fsp3) is 0.0476. The highest BCUT2D eigenvalue weighted by Gasteiger charge is 2.07. The Balaban J connectivity index is 1.43. The van der Waals surface area contributed by atoms with Crippen LogP contribution in [0.4, 0.5) is 0 Å². The molecular weight excluding hydrogens is 324 g/mol. The van der Waals surface area contributed by atoms with Gasteiger partial charge in [-0.2, -0.15) is 0 Å². The smallest absolute Gasteiger partial charge is 0.253 e. The Morgan fingerprint density at radius 3 is 2.54 bits per heavy atom. The molecule has 0 saturated heterocycles. The van der Waals surface area contributed by atoms with Crippen LogP contribution in [0.15, 0.2) is 79.4 Å². The number of amides is 1. The molecule has 126 valence electrons. The summed E-state index contributed by atoms with van der Waals surface area (Å²) in [5.74, 6) is -0.153. The minimum Gasteiger partial charge on any atom is -0.348 e. The van der Waals surface area contributed by atoms with Crippen molar-refractivity contribution in [1.29, 1.82) is 0 Å². The van der Waals surface area contributed by atoms with Crippen molar-refractivity contribution < 1.29 is 4.79 Å². The van der Waals surface area contributed by atoms with Crippen LogP contribution in [-0.2, 0) is 6.54 Å². The van der Waals surface area contributed by atoms with Gasteiger partial charge in [-0.15, -0.1) is 0 Å². The summed E-state index contributed by atoms with van der Waals surface area (Å²) in [6.07, 6.45) is 6.82. The molecular formula is C21H16N4O. The molecule has 1 amide bonds. The van der Waals surface area contributed by atoms with Crippen molar-refractivity contribution in [1.82, 2.24) is 20.3 Å². The molecule has 1 aromatic carbocycles. The Morgan fingerprint density at radius 2 is 1.73 bits per heavy atom. The van der Waals surface area contributed by atoms with Crippen molar-refractivity contribution in [3.05, 3.63) is 90.5 Å². The molecule has 3 heterocycles. The van der Waals surface area contributed by atoms with E-state index in [1.165, 1.54) is 0 Å². The Kier molecular flexibility index (Phi) is 4.35. The van der Waals surface area contributed by atoms with Crippen molar-refractivity contribution in [2.45, 2.75) is 6.54 Å². The van der Waals surface area contributed by atoms with Gasteiger partial charge in [0, 0.05) is 36.7 Å². The van der Waals surface area contributed by atoms with E-state index in [2.05, 4.69) is 20.3 Å². The van der Waals surface area contributed by atoms with Gasteiger partial charge in [-0.3, -0.25) is 9.78 Å². The van der Waals surface area contributed by atoms with Gasteiger partial charge in [0.2, 0.25) is 0 Å². The SMILES string of the molecule is O=C(NCc1ccc(-c2cccnc2)cc1)c1cnc2ncccc2c1. The predicted molar refractivity (Wildman–Crippen MR) is 100 cm³/mol. The van der Waals surface area contributed by atoms with Gasteiger partial charge >= 0.3 is 0 Å². The van der Waals surface area contributed by atoms with E-state index in [1.54, 1.807) is 24.7 Å². The lowest BCUT2D eigenvalue weighted by Gasteiger charge is -2.07. The van der Waals surface area contributed by atoms with Crippen molar-refractivity contribution in [2.24, 2.45) is 0 Å². The molecule has 0 spiro atoms. The average molecular weight is 340 g/mol. The summed E-state index contributed by atoms with van der Waals surface area (Å²) < 4.78 is 0. The van der Waals surface area contributed by atoms with Crippen LogP contribution < -0.4 is 5.32 Å². The molecule has 0 aliphatic rings. The van der Waals surface area contributed by atoms with Crippen molar-refractivity contribution in [2.75, 3.05) is 0 Å². The third-order valence-corrected chi connectivity index (χ3v) is 4.12. The highest BCUT2D eigenvalue weighted by atomic mass is 16.1. The number of benzene rings is 1. The molecule has 0 saturated carbocycles. The Hall–Kier alpha value is -3.60. The van der Waals surface area contributed by atoms with Crippen LogP contribution in [0, 0.1) is 0 Å². The molecule has 0 bridgehead atoms. The summed E-state index contributed by atoms with van der Waals surface area (Å²) in [6, 6.07) is 17.5. The number of carbonyl (C=O) groups is 1. The van der Waals surface area contributed by atoms with E-state index < -0.39 is 0 Å². The first-order valence-corrected chi connectivity index (χ1v) is 8.28. The minimum absolute atomic E-state index is 0.153. The molecule has 0 unspecified atom stereocenters. The van der Waals surface area contributed by atoms with Crippen LogP contribution in [0.3, 0.4) is 0 Å². The highest BCUT2D eigenvalue weighted by Crippen LogP contribution is 2.18. The maximum absolute atomic E-state index is 12.4. The summed E-state index contributed by atoms with van der Waals surface area (Å²) in [5, 5.41) is 3.78. The molecule has 0 atom stereocenters. The number of nitrogens with one attached hydrogen (secondary N) is 1.